The molecule has 0 radical (unpaired) electrons. The number of carbonyl (C=O) groups is 1. The first-order chi connectivity index (χ1) is 17.5. The number of halogens is 1. The molecular weight excluding hydrogens is 480 g/mol. The zero-order chi connectivity index (χ0) is 25.2. The van der Waals surface area contributed by atoms with Gasteiger partial charge < -0.3 is 20.1 Å². The van der Waals surface area contributed by atoms with Crippen molar-refractivity contribution in [2.45, 2.75) is 19.8 Å². The summed E-state index contributed by atoms with van der Waals surface area (Å²) in [7, 11) is 1.62. The van der Waals surface area contributed by atoms with Gasteiger partial charge in [-0.15, -0.1) is 5.10 Å². The van der Waals surface area contributed by atoms with Crippen LogP contribution in [0.4, 0.5) is 11.8 Å². The molecule has 0 spiro atoms. The number of hydrogen-bond acceptors (Lipinski definition) is 8. The number of benzene rings is 2. The number of aromatic nitrogens is 4. The summed E-state index contributed by atoms with van der Waals surface area (Å²) in [5.41, 5.74) is 9.22. The Bertz CT molecular complexity index is 1410. The van der Waals surface area contributed by atoms with Gasteiger partial charge in [0.05, 0.1) is 36.4 Å². The van der Waals surface area contributed by atoms with Gasteiger partial charge in [0.1, 0.15) is 11.6 Å². The van der Waals surface area contributed by atoms with Crippen molar-refractivity contribution in [3.05, 3.63) is 53.6 Å². The highest BCUT2D eigenvalue weighted by atomic mass is 35.5. The molecule has 0 amide bonds. The second kappa shape index (κ2) is 10.0. The average molecular weight is 507 g/mol. The fraction of sp³-hybridized carbons (Fsp3) is 0.308. The predicted octanol–water partition coefficient (Wildman–Crippen LogP) is 4.51. The maximum absolute atomic E-state index is 12.4. The van der Waals surface area contributed by atoms with Crippen molar-refractivity contribution in [1.82, 2.24) is 19.7 Å². The third-order valence-electron chi connectivity index (χ3n) is 6.31. The average Bonchev–Trinajstić information content (AvgIpc) is 3.25. The number of carbonyl (C=O) groups excluding carboxylic acids is 1. The Morgan fingerprint density at radius 2 is 1.94 bits per heavy atom. The number of nitrogens with zero attached hydrogens (tertiary/aromatic N) is 5. The van der Waals surface area contributed by atoms with E-state index in [1.165, 1.54) is 0 Å². The van der Waals surface area contributed by atoms with Crippen molar-refractivity contribution in [3.8, 4) is 22.7 Å². The van der Waals surface area contributed by atoms with E-state index in [0.717, 1.165) is 30.6 Å². The van der Waals surface area contributed by atoms with Crippen molar-refractivity contribution >= 4 is 40.4 Å². The quantitative estimate of drug-likeness (QED) is 0.380. The normalized spacial score (nSPS) is 15.8. The maximum Gasteiger partial charge on any atom is 0.310 e. The molecule has 4 aromatic rings. The second-order valence-corrected chi connectivity index (χ2v) is 9.02. The third kappa shape index (κ3) is 4.42. The molecule has 1 fully saturated rings. The van der Waals surface area contributed by atoms with Crippen LogP contribution in [0.15, 0.2) is 48.5 Å². The Hall–Kier alpha value is -3.85. The summed E-state index contributed by atoms with van der Waals surface area (Å²) < 4.78 is 12.5. The lowest BCUT2D eigenvalue weighted by molar-refractivity contribution is -0.148. The summed E-state index contributed by atoms with van der Waals surface area (Å²) in [6.45, 7) is 3.37. The molecule has 10 heteroatoms. The van der Waals surface area contributed by atoms with Crippen LogP contribution in [-0.4, -0.2) is 52.5 Å². The minimum absolute atomic E-state index is 0.190. The maximum atomic E-state index is 12.4. The summed E-state index contributed by atoms with van der Waals surface area (Å²) in [5, 5.41) is 5.97. The van der Waals surface area contributed by atoms with Crippen molar-refractivity contribution in [3.63, 3.8) is 0 Å². The Labute approximate surface area is 213 Å². The van der Waals surface area contributed by atoms with E-state index in [-0.39, 0.29) is 11.9 Å². The molecule has 9 nitrogen and oxygen atoms in total. The number of piperidine rings is 1. The van der Waals surface area contributed by atoms with E-state index in [4.69, 9.17) is 41.9 Å². The molecule has 0 aliphatic carbocycles. The molecule has 2 aromatic carbocycles. The Balaban J connectivity index is 1.67. The number of ether oxygens (including phenoxy) is 2. The predicted molar refractivity (Wildman–Crippen MR) is 140 cm³/mol. The Kier molecular flexibility index (Phi) is 6.65. The number of anilines is 2. The molecule has 3 heterocycles. The first-order valence-electron chi connectivity index (χ1n) is 11.9. The van der Waals surface area contributed by atoms with Gasteiger partial charge in [-0.3, -0.25) is 4.79 Å². The van der Waals surface area contributed by atoms with Gasteiger partial charge in [-0.05, 0) is 56.2 Å². The van der Waals surface area contributed by atoms with E-state index >= 15 is 0 Å². The van der Waals surface area contributed by atoms with E-state index in [0.29, 0.717) is 52.4 Å². The van der Waals surface area contributed by atoms with Crippen molar-refractivity contribution in [2.75, 3.05) is 37.4 Å². The van der Waals surface area contributed by atoms with Gasteiger partial charge in [0.15, 0.2) is 5.65 Å². The van der Waals surface area contributed by atoms with E-state index in [1.807, 2.05) is 48.2 Å². The summed E-state index contributed by atoms with van der Waals surface area (Å²) in [4.78, 5) is 24.2. The number of methoxy groups -OCH3 is 1. The molecule has 0 saturated carbocycles. The first-order valence-corrected chi connectivity index (χ1v) is 12.2. The zero-order valence-corrected chi connectivity index (χ0v) is 20.9. The first kappa shape index (κ1) is 23.9. The molecular formula is C26H27ClN6O3. The topological polar surface area (TPSA) is 108 Å². The number of para-hydroxylation sites is 1. The van der Waals surface area contributed by atoms with Crippen LogP contribution >= 0.6 is 11.6 Å². The lowest BCUT2D eigenvalue weighted by Crippen LogP contribution is -2.40. The largest absolute Gasteiger partial charge is 0.496 e. The van der Waals surface area contributed by atoms with Gasteiger partial charge in [0.2, 0.25) is 5.95 Å². The van der Waals surface area contributed by atoms with Crippen LogP contribution in [0.2, 0.25) is 5.02 Å². The van der Waals surface area contributed by atoms with E-state index in [9.17, 15) is 4.79 Å². The lowest BCUT2D eigenvalue weighted by atomic mass is 9.98. The molecule has 2 N–H and O–H groups in total. The van der Waals surface area contributed by atoms with Crippen LogP contribution in [-0.2, 0) is 9.53 Å². The van der Waals surface area contributed by atoms with Crippen LogP contribution < -0.4 is 15.4 Å². The minimum Gasteiger partial charge on any atom is -0.496 e. The summed E-state index contributed by atoms with van der Waals surface area (Å²) >= 11 is 6.08. The van der Waals surface area contributed by atoms with Crippen LogP contribution in [0.5, 0.6) is 5.75 Å². The Morgan fingerprint density at radius 3 is 2.69 bits per heavy atom. The van der Waals surface area contributed by atoms with Crippen LogP contribution in [0, 0.1) is 5.92 Å². The lowest BCUT2D eigenvalue weighted by Gasteiger charge is -2.31. The summed E-state index contributed by atoms with van der Waals surface area (Å²) in [6.07, 6.45) is 1.60. The third-order valence-corrected chi connectivity index (χ3v) is 6.57. The van der Waals surface area contributed by atoms with Crippen LogP contribution in [0.1, 0.15) is 19.8 Å². The van der Waals surface area contributed by atoms with Crippen molar-refractivity contribution in [1.29, 1.82) is 0 Å². The highest BCUT2D eigenvalue weighted by Crippen LogP contribution is 2.38. The highest BCUT2D eigenvalue weighted by molar-refractivity contribution is 6.30. The number of rotatable bonds is 6. The van der Waals surface area contributed by atoms with Gasteiger partial charge in [0, 0.05) is 23.7 Å². The fourth-order valence-corrected chi connectivity index (χ4v) is 4.69. The molecule has 5 rings (SSSR count). The molecule has 186 valence electrons. The summed E-state index contributed by atoms with van der Waals surface area (Å²) in [6, 6.07) is 14.9. The van der Waals surface area contributed by atoms with Gasteiger partial charge in [-0.1, -0.05) is 23.7 Å². The van der Waals surface area contributed by atoms with Crippen molar-refractivity contribution in [2.24, 2.45) is 5.92 Å². The number of nitrogen functional groups attached to an aromatic ring is 1. The van der Waals surface area contributed by atoms with E-state index in [2.05, 4.69) is 0 Å². The second-order valence-electron chi connectivity index (χ2n) is 8.58. The molecule has 0 bridgehead atoms. The Morgan fingerprint density at radius 1 is 1.17 bits per heavy atom. The number of hydrogen-bond donors (Lipinski definition) is 1. The van der Waals surface area contributed by atoms with E-state index in [1.54, 1.807) is 23.9 Å². The number of nitrogens with two attached hydrogens (primary N) is 1. The molecule has 1 aliphatic heterocycles. The van der Waals surface area contributed by atoms with Gasteiger partial charge in [-0.2, -0.15) is 4.98 Å². The highest BCUT2D eigenvalue weighted by Gasteiger charge is 2.30. The fourth-order valence-electron chi connectivity index (χ4n) is 4.57. The van der Waals surface area contributed by atoms with Gasteiger partial charge in [-0.25, -0.2) is 9.67 Å². The molecule has 1 atom stereocenters. The molecule has 1 unspecified atom stereocenters. The van der Waals surface area contributed by atoms with Crippen LogP contribution in [0.25, 0.3) is 28.0 Å². The minimum atomic E-state index is -0.232. The summed E-state index contributed by atoms with van der Waals surface area (Å²) in [5.74, 6) is 1.13. The smallest absolute Gasteiger partial charge is 0.310 e. The monoisotopic (exact) mass is 506 g/mol. The number of esters is 1. The molecule has 2 aromatic heterocycles. The van der Waals surface area contributed by atoms with Gasteiger partial charge >= 0.3 is 5.97 Å². The SMILES string of the molecule is CCOC(=O)C1CCCN(c2nc(-c3ccccc3OC)c3c(N)n(-c4ccc(Cl)cc4)nc3n2)C1. The molecule has 1 aliphatic rings. The standard InChI is InChI=1S/C26H27ClN6O3/c1-3-36-25(34)16-7-6-14-32(15-16)26-29-22(19-8-4-5-9-20(19)35-2)21-23(28)33(31-24(21)30-26)18-12-10-17(27)11-13-18/h4-5,8-13,16H,3,6-7,14-15,28H2,1-2H3. The zero-order valence-electron chi connectivity index (χ0n) is 20.1. The molecule has 1 saturated heterocycles. The molecule has 36 heavy (non-hydrogen) atoms. The van der Waals surface area contributed by atoms with Crippen LogP contribution in [0.3, 0.4) is 0 Å². The van der Waals surface area contributed by atoms with Crippen molar-refractivity contribution < 1.29 is 14.3 Å². The van der Waals surface area contributed by atoms with E-state index < -0.39 is 0 Å². The number of fused-ring (bicyclic) bond motifs is 1. The van der Waals surface area contributed by atoms with Gasteiger partial charge in [0.25, 0.3) is 0 Å².